The number of hydrogen-bond donors (Lipinski definition) is 0. The van der Waals surface area contributed by atoms with Gasteiger partial charge in [-0.1, -0.05) is 5.57 Å². The molecule has 38 heavy (non-hydrogen) atoms. The number of carbonyl (C=O) groups excluding carboxylic acids is 1. The minimum absolute atomic E-state index is 0.0344. The summed E-state index contributed by atoms with van der Waals surface area (Å²) in [4.78, 5) is 18.6. The second-order valence-electron chi connectivity index (χ2n) is 9.84. The quantitative estimate of drug-likeness (QED) is 0.365. The van der Waals surface area contributed by atoms with Crippen LogP contribution in [0.3, 0.4) is 0 Å². The van der Waals surface area contributed by atoms with Gasteiger partial charge in [-0.2, -0.15) is 14.5 Å². The number of hydrogen-bond acceptors (Lipinski definition) is 6. The minimum Gasteiger partial charge on any atom is -0.291 e. The molecule has 1 aliphatic heterocycles. The van der Waals surface area contributed by atoms with Crippen molar-refractivity contribution in [1.29, 1.82) is 0 Å². The number of nitrogens with zero attached hydrogens (tertiary/aromatic N) is 6. The van der Waals surface area contributed by atoms with Crippen LogP contribution < -0.4 is 0 Å². The molecule has 4 aromatic rings. The maximum atomic E-state index is 14.2. The lowest BCUT2D eigenvalue weighted by atomic mass is 9.65. The Bertz CT molecular complexity index is 1710. The smallest absolute Gasteiger partial charge is 0.262 e. The summed E-state index contributed by atoms with van der Waals surface area (Å²) in [6.45, 7) is 2.06. The SMILES string of the molecule is Cc1ccnc(C(=O)C23Cc4cnn(-c5ccc(F)cc5)c4C=C2CCN(S(=O)(=O)c2ccn(C)n2)C3)c1. The molecule has 4 heterocycles. The van der Waals surface area contributed by atoms with Gasteiger partial charge in [0.2, 0.25) is 0 Å². The van der Waals surface area contributed by atoms with Gasteiger partial charge in [0, 0.05) is 32.5 Å². The first-order valence-electron chi connectivity index (χ1n) is 12.2. The number of piperidine rings is 1. The molecule has 0 N–H and O–H groups in total. The van der Waals surface area contributed by atoms with Crippen molar-refractivity contribution in [2.24, 2.45) is 12.5 Å². The maximum Gasteiger partial charge on any atom is 0.262 e. The molecule has 0 amide bonds. The molecule has 1 atom stereocenters. The molecule has 2 aliphatic rings. The highest BCUT2D eigenvalue weighted by atomic mass is 32.2. The number of Topliss-reactive ketones (excluding diaryl/α,β-unsaturated/α-hetero) is 1. The van der Waals surface area contributed by atoms with Crippen LogP contribution in [0.4, 0.5) is 4.39 Å². The van der Waals surface area contributed by atoms with E-state index in [0.29, 0.717) is 17.8 Å². The molecule has 0 spiro atoms. The van der Waals surface area contributed by atoms with Gasteiger partial charge in [-0.25, -0.2) is 17.5 Å². The highest BCUT2D eigenvalue weighted by Crippen LogP contribution is 2.47. The number of benzene rings is 1. The van der Waals surface area contributed by atoms with Crippen LogP contribution >= 0.6 is 0 Å². The highest BCUT2D eigenvalue weighted by Gasteiger charge is 2.51. The Morgan fingerprint density at radius 2 is 1.92 bits per heavy atom. The lowest BCUT2D eigenvalue weighted by Crippen LogP contribution is -2.53. The van der Waals surface area contributed by atoms with Gasteiger partial charge in [0.05, 0.1) is 23.0 Å². The molecule has 194 valence electrons. The average Bonchev–Trinajstić information content (AvgIpc) is 3.53. The van der Waals surface area contributed by atoms with Crippen molar-refractivity contribution in [3.63, 3.8) is 0 Å². The van der Waals surface area contributed by atoms with Crippen LogP contribution in [0, 0.1) is 18.2 Å². The van der Waals surface area contributed by atoms with Gasteiger partial charge in [0.25, 0.3) is 10.0 Å². The third-order valence-electron chi connectivity index (χ3n) is 7.33. The number of ketones is 1. The number of fused-ring (bicyclic) bond motifs is 2. The summed E-state index contributed by atoms with van der Waals surface area (Å²) >= 11 is 0. The molecule has 1 saturated heterocycles. The van der Waals surface area contributed by atoms with E-state index in [-0.39, 0.29) is 36.1 Å². The number of aryl methyl sites for hydroxylation is 2. The van der Waals surface area contributed by atoms with Gasteiger partial charge >= 0.3 is 0 Å². The number of rotatable bonds is 5. The summed E-state index contributed by atoms with van der Waals surface area (Å²) < 4.78 is 45.1. The molecule has 0 bridgehead atoms. The molecule has 0 radical (unpaired) electrons. The van der Waals surface area contributed by atoms with Crippen molar-refractivity contribution in [2.75, 3.05) is 13.1 Å². The van der Waals surface area contributed by atoms with Crippen LogP contribution in [-0.4, -0.2) is 56.1 Å². The van der Waals surface area contributed by atoms with E-state index < -0.39 is 15.4 Å². The second-order valence-corrected chi connectivity index (χ2v) is 11.7. The third kappa shape index (κ3) is 3.89. The summed E-state index contributed by atoms with van der Waals surface area (Å²) in [5.74, 6) is -0.571. The fraction of sp³-hybridized carbons (Fsp3) is 0.259. The average molecular weight is 533 g/mol. The zero-order valence-corrected chi connectivity index (χ0v) is 21.7. The van der Waals surface area contributed by atoms with Crippen LogP contribution in [0.25, 0.3) is 11.8 Å². The van der Waals surface area contributed by atoms with E-state index in [4.69, 9.17) is 0 Å². The van der Waals surface area contributed by atoms with Crippen LogP contribution in [0.15, 0.2) is 71.7 Å². The molecule has 1 fully saturated rings. The van der Waals surface area contributed by atoms with Crippen molar-refractivity contribution in [1.82, 2.24) is 28.9 Å². The fourth-order valence-electron chi connectivity index (χ4n) is 5.38. The molecule has 1 aromatic carbocycles. The van der Waals surface area contributed by atoms with E-state index in [1.165, 1.54) is 27.2 Å². The van der Waals surface area contributed by atoms with Crippen molar-refractivity contribution >= 4 is 21.9 Å². The number of carbonyl (C=O) groups is 1. The molecule has 0 saturated carbocycles. The zero-order valence-electron chi connectivity index (χ0n) is 20.9. The lowest BCUT2D eigenvalue weighted by molar-refractivity contribution is 0.0770. The summed E-state index contributed by atoms with van der Waals surface area (Å²) in [6, 6.07) is 11.0. The first-order valence-corrected chi connectivity index (χ1v) is 13.6. The van der Waals surface area contributed by atoms with Gasteiger partial charge in [-0.15, -0.1) is 0 Å². The number of halogens is 1. The normalized spacial score (nSPS) is 19.5. The Hall–Kier alpha value is -3.96. The Morgan fingerprint density at radius 3 is 2.63 bits per heavy atom. The second kappa shape index (κ2) is 8.81. The third-order valence-corrected chi connectivity index (χ3v) is 9.07. The number of sulfonamides is 1. The van der Waals surface area contributed by atoms with Crippen LogP contribution in [0.5, 0.6) is 0 Å². The van der Waals surface area contributed by atoms with Gasteiger partial charge in [0.1, 0.15) is 11.5 Å². The summed E-state index contributed by atoms with van der Waals surface area (Å²) in [7, 11) is -2.27. The Morgan fingerprint density at radius 1 is 1.13 bits per heavy atom. The Kier molecular flexibility index (Phi) is 5.65. The highest BCUT2D eigenvalue weighted by molar-refractivity contribution is 7.89. The summed E-state index contributed by atoms with van der Waals surface area (Å²) in [5.41, 5.74) is 3.16. The molecule has 1 aliphatic carbocycles. The topological polar surface area (TPSA) is 103 Å². The number of pyridine rings is 1. The van der Waals surface area contributed by atoms with Gasteiger partial charge in [-0.3, -0.25) is 14.5 Å². The van der Waals surface area contributed by atoms with Crippen LogP contribution in [0.2, 0.25) is 0 Å². The van der Waals surface area contributed by atoms with Gasteiger partial charge < -0.3 is 0 Å². The molecule has 11 heteroatoms. The maximum absolute atomic E-state index is 14.2. The first kappa shape index (κ1) is 24.4. The van der Waals surface area contributed by atoms with E-state index in [1.54, 1.807) is 48.5 Å². The predicted octanol–water partition coefficient (Wildman–Crippen LogP) is 3.35. The van der Waals surface area contributed by atoms with Crippen molar-refractivity contribution < 1.29 is 17.6 Å². The largest absolute Gasteiger partial charge is 0.291 e. The van der Waals surface area contributed by atoms with E-state index in [9.17, 15) is 17.6 Å². The van der Waals surface area contributed by atoms with Gasteiger partial charge in [-0.05, 0) is 79.4 Å². The van der Waals surface area contributed by atoms with E-state index in [1.807, 2.05) is 19.1 Å². The van der Waals surface area contributed by atoms with Crippen LogP contribution in [0.1, 0.15) is 33.7 Å². The Labute approximate surface area is 219 Å². The molecule has 9 nitrogen and oxygen atoms in total. The van der Waals surface area contributed by atoms with Crippen molar-refractivity contribution in [2.45, 2.75) is 24.8 Å². The monoisotopic (exact) mass is 532 g/mol. The molecule has 1 unspecified atom stereocenters. The van der Waals surface area contributed by atoms with Crippen molar-refractivity contribution in [3.05, 3.63) is 95.0 Å². The molecular weight excluding hydrogens is 507 g/mol. The van der Waals surface area contributed by atoms with E-state index in [0.717, 1.165) is 22.4 Å². The predicted molar refractivity (Wildman–Crippen MR) is 138 cm³/mol. The summed E-state index contributed by atoms with van der Waals surface area (Å²) in [5, 5.41) is 8.59. The fourth-order valence-corrected chi connectivity index (χ4v) is 6.83. The Balaban J connectivity index is 1.46. The molecule has 6 rings (SSSR count). The van der Waals surface area contributed by atoms with Crippen molar-refractivity contribution in [3.8, 4) is 5.69 Å². The molecule has 3 aromatic heterocycles. The standard InChI is InChI=1S/C27H25FN6O3S/c1-18-7-10-29-23(13-18)26(35)27-15-19-16-30-34(22-5-3-21(28)4-6-22)24(19)14-20(27)8-12-33(17-27)38(36,37)25-9-11-32(2)31-25/h3-7,9-11,13-14,16H,8,12,15,17H2,1-2H3. The summed E-state index contributed by atoms with van der Waals surface area (Å²) in [6.07, 6.45) is 7.42. The van der Waals surface area contributed by atoms with Crippen LogP contribution in [-0.2, 0) is 23.5 Å². The zero-order chi connectivity index (χ0) is 26.7. The minimum atomic E-state index is -3.93. The van der Waals surface area contributed by atoms with Gasteiger partial charge in [0.15, 0.2) is 10.8 Å². The first-order chi connectivity index (χ1) is 18.2. The molecular formula is C27H25FN6O3S. The number of aromatic nitrogens is 5. The lowest BCUT2D eigenvalue weighted by Gasteiger charge is -2.44. The van der Waals surface area contributed by atoms with E-state index in [2.05, 4.69) is 15.2 Å². The van der Waals surface area contributed by atoms with E-state index >= 15 is 0 Å².